The third kappa shape index (κ3) is 2.68. The topological polar surface area (TPSA) is 73.2 Å². The molecule has 2 rings (SSSR count). The fraction of sp³-hybridized carbons (Fsp3) is 0.462. The van der Waals surface area contributed by atoms with E-state index in [0.717, 1.165) is 12.1 Å². The Kier molecular flexibility index (Phi) is 4.09. The molecule has 2 atom stereocenters. The van der Waals surface area contributed by atoms with E-state index < -0.39 is 15.8 Å². The van der Waals surface area contributed by atoms with E-state index in [0.29, 0.717) is 13.1 Å². The van der Waals surface area contributed by atoms with Crippen molar-refractivity contribution < 1.29 is 12.8 Å². The van der Waals surface area contributed by atoms with Gasteiger partial charge in [-0.3, -0.25) is 0 Å². The molecule has 1 N–H and O–H groups in total. The first kappa shape index (κ1) is 14.9. The molecule has 108 valence electrons. The van der Waals surface area contributed by atoms with Crippen LogP contribution in [0.15, 0.2) is 23.1 Å². The van der Waals surface area contributed by atoms with Gasteiger partial charge in [0.1, 0.15) is 11.9 Å². The quantitative estimate of drug-likeness (QED) is 0.886. The molecule has 1 aliphatic rings. The number of nitriles is 1. The van der Waals surface area contributed by atoms with Crippen molar-refractivity contribution in [2.75, 3.05) is 13.1 Å². The predicted molar refractivity (Wildman–Crippen MR) is 71.9 cm³/mol. The summed E-state index contributed by atoms with van der Waals surface area (Å²) in [5, 5.41) is 12.0. The van der Waals surface area contributed by atoms with Gasteiger partial charge < -0.3 is 5.32 Å². The minimum absolute atomic E-state index is 0.0450. The van der Waals surface area contributed by atoms with E-state index in [1.807, 2.05) is 13.8 Å². The number of nitrogens with one attached hydrogen (secondary N) is 1. The van der Waals surface area contributed by atoms with E-state index in [-0.39, 0.29) is 22.5 Å². The highest BCUT2D eigenvalue weighted by Crippen LogP contribution is 2.22. The lowest BCUT2D eigenvalue weighted by Crippen LogP contribution is -2.56. The molecule has 0 radical (unpaired) electrons. The second kappa shape index (κ2) is 5.48. The Morgan fingerprint density at radius 2 is 2.15 bits per heavy atom. The Labute approximate surface area is 118 Å². The molecule has 1 saturated heterocycles. The molecule has 0 saturated carbocycles. The van der Waals surface area contributed by atoms with Crippen LogP contribution in [0.5, 0.6) is 0 Å². The van der Waals surface area contributed by atoms with Gasteiger partial charge in [-0.05, 0) is 32.0 Å². The molecular weight excluding hydrogens is 281 g/mol. The van der Waals surface area contributed by atoms with E-state index in [4.69, 9.17) is 5.26 Å². The van der Waals surface area contributed by atoms with Crippen LogP contribution in [0.3, 0.4) is 0 Å². The molecule has 7 heteroatoms. The Morgan fingerprint density at radius 1 is 1.45 bits per heavy atom. The van der Waals surface area contributed by atoms with Gasteiger partial charge in [-0.1, -0.05) is 0 Å². The van der Waals surface area contributed by atoms with E-state index in [1.165, 1.54) is 10.4 Å². The third-order valence-electron chi connectivity index (χ3n) is 3.37. The van der Waals surface area contributed by atoms with Crippen LogP contribution in [0.4, 0.5) is 4.39 Å². The van der Waals surface area contributed by atoms with Crippen LogP contribution >= 0.6 is 0 Å². The number of hydrogen-bond acceptors (Lipinski definition) is 4. The molecule has 1 aromatic carbocycles. The number of piperazine rings is 1. The molecule has 2 unspecified atom stereocenters. The molecule has 5 nitrogen and oxygen atoms in total. The van der Waals surface area contributed by atoms with Gasteiger partial charge in [-0.15, -0.1) is 0 Å². The van der Waals surface area contributed by atoms with Crippen molar-refractivity contribution in [1.29, 1.82) is 5.26 Å². The number of sulfonamides is 1. The number of nitrogens with zero attached hydrogens (tertiary/aromatic N) is 2. The Balaban J connectivity index is 2.42. The SMILES string of the molecule is CC1CN(S(=O)(=O)c2ccc(F)c(C#N)c2)C(C)CN1. The Hall–Kier alpha value is -1.49. The highest BCUT2D eigenvalue weighted by Gasteiger charge is 2.33. The van der Waals surface area contributed by atoms with Gasteiger partial charge in [0.15, 0.2) is 0 Å². The van der Waals surface area contributed by atoms with Crippen LogP contribution in [0.25, 0.3) is 0 Å². The highest BCUT2D eigenvalue weighted by molar-refractivity contribution is 7.89. The second-order valence-corrected chi connectivity index (χ2v) is 6.88. The van der Waals surface area contributed by atoms with Crippen molar-refractivity contribution in [2.45, 2.75) is 30.8 Å². The van der Waals surface area contributed by atoms with Gasteiger partial charge >= 0.3 is 0 Å². The van der Waals surface area contributed by atoms with Gasteiger partial charge in [-0.2, -0.15) is 9.57 Å². The van der Waals surface area contributed by atoms with E-state index in [2.05, 4.69) is 5.32 Å². The van der Waals surface area contributed by atoms with Crippen molar-refractivity contribution in [3.05, 3.63) is 29.6 Å². The highest BCUT2D eigenvalue weighted by atomic mass is 32.2. The minimum atomic E-state index is -3.72. The zero-order valence-electron chi connectivity index (χ0n) is 11.3. The molecule has 1 fully saturated rings. The summed E-state index contributed by atoms with van der Waals surface area (Å²) in [5.41, 5.74) is -0.262. The number of rotatable bonds is 2. The zero-order valence-corrected chi connectivity index (χ0v) is 12.1. The number of benzene rings is 1. The summed E-state index contributed by atoms with van der Waals surface area (Å²) in [6, 6.07) is 4.83. The van der Waals surface area contributed by atoms with Crippen LogP contribution in [0.2, 0.25) is 0 Å². The van der Waals surface area contributed by atoms with Crippen molar-refractivity contribution >= 4 is 10.0 Å². The molecule has 0 aliphatic carbocycles. The summed E-state index contributed by atoms with van der Waals surface area (Å²) in [6.45, 7) is 4.63. The molecule has 0 spiro atoms. The number of halogens is 1. The van der Waals surface area contributed by atoms with Crippen molar-refractivity contribution in [2.24, 2.45) is 0 Å². The van der Waals surface area contributed by atoms with Crippen molar-refractivity contribution in [1.82, 2.24) is 9.62 Å². The molecule has 0 amide bonds. The Morgan fingerprint density at radius 3 is 2.80 bits per heavy atom. The van der Waals surface area contributed by atoms with Crippen molar-refractivity contribution in [3.8, 4) is 6.07 Å². The van der Waals surface area contributed by atoms with Gasteiger partial charge in [0.2, 0.25) is 10.0 Å². The van der Waals surface area contributed by atoms with Gasteiger partial charge in [0, 0.05) is 25.2 Å². The smallest absolute Gasteiger partial charge is 0.243 e. The summed E-state index contributed by atoms with van der Waals surface area (Å²) in [7, 11) is -3.72. The maximum Gasteiger partial charge on any atom is 0.243 e. The first-order chi connectivity index (χ1) is 9.36. The average molecular weight is 297 g/mol. The van der Waals surface area contributed by atoms with E-state index in [9.17, 15) is 12.8 Å². The lowest BCUT2D eigenvalue weighted by atomic mass is 10.2. The molecule has 1 aromatic rings. The van der Waals surface area contributed by atoms with Crippen LogP contribution in [0, 0.1) is 17.1 Å². The summed E-state index contributed by atoms with van der Waals surface area (Å²) >= 11 is 0. The van der Waals surface area contributed by atoms with Crippen LogP contribution < -0.4 is 5.32 Å². The molecular formula is C13H16FN3O2S. The molecule has 1 heterocycles. The van der Waals surface area contributed by atoms with Crippen molar-refractivity contribution in [3.63, 3.8) is 0 Å². The maximum absolute atomic E-state index is 13.3. The second-order valence-electron chi connectivity index (χ2n) is 4.99. The average Bonchev–Trinajstić information content (AvgIpc) is 2.41. The largest absolute Gasteiger partial charge is 0.311 e. The van der Waals surface area contributed by atoms with Gasteiger partial charge in [0.05, 0.1) is 10.5 Å². The first-order valence-corrected chi connectivity index (χ1v) is 7.75. The lowest BCUT2D eigenvalue weighted by Gasteiger charge is -2.36. The molecule has 20 heavy (non-hydrogen) atoms. The fourth-order valence-corrected chi connectivity index (χ4v) is 3.95. The maximum atomic E-state index is 13.3. The van der Waals surface area contributed by atoms with E-state index in [1.54, 1.807) is 6.07 Å². The monoisotopic (exact) mass is 297 g/mol. The third-order valence-corrected chi connectivity index (χ3v) is 5.35. The van der Waals surface area contributed by atoms with Gasteiger partial charge in [-0.25, -0.2) is 12.8 Å². The zero-order chi connectivity index (χ0) is 14.9. The minimum Gasteiger partial charge on any atom is -0.311 e. The molecule has 0 aromatic heterocycles. The van der Waals surface area contributed by atoms with Gasteiger partial charge in [0.25, 0.3) is 0 Å². The summed E-state index contributed by atoms with van der Waals surface area (Å²) in [4.78, 5) is -0.0450. The lowest BCUT2D eigenvalue weighted by molar-refractivity contribution is 0.244. The summed E-state index contributed by atoms with van der Waals surface area (Å²) in [5.74, 6) is -0.715. The normalized spacial score (nSPS) is 24.3. The standard InChI is InChI=1S/C13H16FN3O2S/c1-9-8-17(10(2)7-16-9)20(18,19)12-3-4-13(14)11(5-12)6-15/h3-5,9-10,16H,7-8H2,1-2H3. The predicted octanol–water partition coefficient (Wildman–Crippen LogP) is 1.07. The summed E-state index contributed by atoms with van der Waals surface area (Å²) < 4.78 is 39.9. The van der Waals surface area contributed by atoms with E-state index >= 15 is 0 Å². The summed E-state index contributed by atoms with van der Waals surface area (Å²) in [6.07, 6.45) is 0. The Bertz CT molecular complexity index is 654. The molecule has 1 aliphatic heterocycles. The fourth-order valence-electron chi connectivity index (χ4n) is 2.21. The number of hydrogen-bond donors (Lipinski definition) is 1. The van der Waals surface area contributed by atoms with Crippen LogP contribution in [0.1, 0.15) is 19.4 Å². The van der Waals surface area contributed by atoms with Crippen LogP contribution in [-0.2, 0) is 10.0 Å². The van der Waals surface area contributed by atoms with Crippen LogP contribution in [-0.4, -0.2) is 37.9 Å². The first-order valence-electron chi connectivity index (χ1n) is 6.31. The molecule has 0 bridgehead atoms.